The van der Waals surface area contributed by atoms with Crippen LogP contribution in [0.15, 0.2) is 35.1 Å². The molecule has 1 amide bonds. The van der Waals surface area contributed by atoms with E-state index in [1.807, 2.05) is 44.2 Å². The van der Waals surface area contributed by atoms with Gasteiger partial charge in [-0.25, -0.2) is 9.59 Å². The van der Waals surface area contributed by atoms with Crippen LogP contribution in [-0.2, 0) is 27.4 Å². The van der Waals surface area contributed by atoms with Crippen molar-refractivity contribution in [3.05, 3.63) is 40.8 Å². The van der Waals surface area contributed by atoms with Crippen LogP contribution in [0, 0.1) is 0 Å². The predicted octanol–water partition coefficient (Wildman–Crippen LogP) is 1.52. The number of aryl methyl sites for hydroxylation is 1. The van der Waals surface area contributed by atoms with Crippen LogP contribution < -0.4 is 10.6 Å². The lowest BCUT2D eigenvalue weighted by Crippen LogP contribution is -2.60. The monoisotopic (exact) mass is 460 g/mol. The summed E-state index contributed by atoms with van der Waals surface area (Å²) in [5.74, 6) is -0.0363. The van der Waals surface area contributed by atoms with Crippen molar-refractivity contribution in [3.63, 3.8) is 0 Å². The number of likely N-dealkylation sites (tertiary alicyclic amines) is 1. The van der Waals surface area contributed by atoms with E-state index in [0.29, 0.717) is 52.0 Å². The van der Waals surface area contributed by atoms with Gasteiger partial charge in [-0.1, -0.05) is 25.1 Å². The first-order valence-electron chi connectivity index (χ1n) is 11.3. The van der Waals surface area contributed by atoms with Crippen molar-refractivity contribution < 1.29 is 19.1 Å². The molecule has 0 spiro atoms. The third-order valence-corrected chi connectivity index (χ3v) is 6.08. The largest absolute Gasteiger partial charge is 0.508 e. The van der Waals surface area contributed by atoms with E-state index in [1.165, 1.54) is 16.5 Å². The van der Waals surface area contributed by atoms with Crippen molar-refractivity contribution in [1.29, 1.82) is 0 Å². The Morgan fingerprint density at radius 3 is 2.30 bits per heavy atom. The second-order valence-electron chi connectivity index (χ2n) is 8.03. The van der Waals surface area contributed by atoms with Crippen LogP contribution in [-0.4, -0.2) is 75.6 Å². The third-order valence-electron chi connectivity index (χ3n) is 6.08. The molecule has 0 bridgehead atoms. The van der Waals surface area contributed by atoms with Crippen molar-refractivity contribution in [2.24, 2.45) is 0 Å². The number of nitrogens with zero attached hydrogens (tertiary/aromatic N) is 6. The van der Waals surface area contributed by atoms with Crippen molar-refractivity contribution >= 4 is 17.7 Å². The van der Waals surface area contributed by atoms with Gasteiger partial charge in [-0.05, 0) is 42.3 Å². The number of hydrogen-bond acceptors (Lipinski definition) is 8. The molecule has 0 saturated carbocycles. The summed E-state index contributed by atoms with van der Waals surface area (Å²) in [5, 5.41) is 7.78. The zero-order valence-corrected chi connectivity index (χ0v) is 19.5. The number of hydrogen-bond donors (Lipinski definition) is 0. The molecule has 1 aromatic carbocycles. The number of methoxy groups -OCH3 is 1. The number of piperidine rings is 1. The Morgan fingerprint density at radius 1 is 1.06 bits per heavy atom. The number of amides is 1. The fraction of sp³-hybridized carbons (Fsp3) is 0.591. The maximum absolute atomic E-state index is 13.1. The van der Waals surface area contributed by atoms with Crippen LogP contribution in [0.2, 0.25) is 0 Å². The Bertz CT molecular complexity index is 981. The van der Waals surface area contributed by atoms with Gasteiger partial charge in [-0.15, -0.1) is 0 Å². The van der Waals surface area contributed by atoms with Crippen LogP contribution in [0.4, 0.5) is 10.5 Å². The number of para-hydroxylation sites is 1. The van der Waals surface area contributed by atoms with Crippen molar-refractivity contribution in [3.8, 4) is 0 Å². The first-order valence-corrected chi connectivity index (χ1v) is 11.3. The molecule has 0 atom stereocenters. The molecule has 11 heteroatoms. The zero-order valence-electron chi connectivity index (χ0n) is 19.5. The lowest BCUT2D eigenvalue weighted by molar-refractivity contribution is -0.120. The number of aromatic nitrogens is 4. The number of carbonyl (C=O) groups is 2. The number of tetrazole rings is 1. The highest BCUT2D eigenvalue weighted by Crippen LogP contribution is 2.34. The van der Waals surface area contributed by atoms with Gasteiger partial charge in [0.1, 0.15) is 6.61 Å². The molecule has 2 aromatic rings. The molecule has 0 aliphatic carbocycles. The average Bonchev–Trinajstić information content (AvgIpc) is 3.22. The SMILES string of the molecule is CCC(=O)N(c1ccccc1)C1(COC(=O)OC)CCN(CCn2nnn(CC)c2=O)CC1. The van der Waals surface area contributed by atoms with Gasteiger partial charge in [0.15, 0.2) is 0 Å². The Labute approximate surface area is 192 Å². The van der Waals surface area contributed by atoms with Crippen LogP contribution in [0.3, 0.4) is 0 Å². The minimum atomic E-state index is -0.771. The topological polar surface area (TPSA) is 112 Å². The van der Waals surface area contributed by atoms with Crippen LogP contribution in [0.1, 0.15) is 33.1 Å². The maximum atomic E-state index is 13.1. The Morgan fingerprint density at radius 2 is 1.73 bits per heavy atom. The zero-order chi connectivity index (χ0) is 23.8. The van der Waals surface area contributed by atoms with Gasteiger partial charge in [-0.3, -0.25) is 4.79 Å². The number of benzene rings is 1. The summed E-state index contributed by atoms with van der Waals surface area (Å²) in [7, 11) is 1.26. The summed E-state index contributed by atoms with van der Waals surface area (Å²) < 4.78 is 12.7. The van der Waals surface area contributed by atoms with Crippen molar-refractivity contribution in [2.75, 3.05) is 38.3 Å². The molecular weight excluding hydrogens is 428 g/mol. The van der Waals surface area contributed by atoms with Crippen LogP contribution in [0.5, 0.6) is 0 Å². The summed E-state index contributed by atoms with van der Waals surface area (Å²) in [6.45, 7) is 6.58. The average molecular weight is 461 g/mol. The highest BCUT2D eigenvalue weighted by Gasteiger charge is 2.44. The molecule has 0 N–H and O–H groups in total. The van der Waals surface area contributed by atoms with Gasteiger partial charge in [0.25, 0.3) is 0 Å². The number of anilines is 1. The number of carbonyl (C=O) groups excluding carboxylic acids is 2. The quantitative estimate of drug-likeness (QED) is 0.518. The van der Waals surface area contributed by atoms with Crippen LogP contribution >= 0.6 is 0 Å². The van der Waals surface area contributed by atoms with Gasteiger partial charge in [0.2, 0.25) is 5.91 Å². The molecule has 33 heavy (non-hydrogen) atoms. The molecule has 1 aromatic heterocycles. The minimum absolute atomic E-state index is 0.0363. The predicted molar refractivity (Wildman–Crippen MR) is 121 cm³/mol. The van der Waals surface area contributed by atoms with E-state index in [0.717, 1.165) is 5.69 Å². The summed E-state index contributed by atoms with van der Waals surface area (Å²) >= 11 is 0. The highest BCUT2D eigenvalue weighted by atomic mass is 16.7. The van der Waals surface area contributed by atoms with E-state index in [1.54, 1.807) is 4.90 Å². The fourth-order valence-electron chi connectivity index (χ4n) is 4.18. The molecular formula is C22H32N6O5. The van der Waals surface area contributed by atoms with E-state index in [2.05, 4.69) is 20.1 Å². The molecule has 0 unspecified atom stereocenters. The molecule has 1 fully saturated rings. The van der Waals surface area contributed by atoms with Crippen molar-refractivity contribution in [1.82, 2.24) is 24.7 Å². The van der Waals surface area contributed by atoms with E-state index in [9.17, 15) is 14.4 Å². The summed E-state index contributed by atoms with van der Waals surface area (Å²) in [6, 6.07) is 9.45. The first-order chi connectivity index (χ1) is 15.9. The standard InChI is InChI=1S/C22H32N6O5/c1-4-19(29)28(18-9-7-6-8-10-18)22(17-33-21(31)32-3)11-13-25(14-12-22)15-16-27-20(30)26(5-2)23-24-27/h6-10H,4-5,11-17H2,1-3H3. The maximum Gasteiger partial charge on any atom is 0.508 e. The molecule has 1 aliphatic rings. The Hall–Kier alpha value is -3.21. The second-order valence-corrected chi connectivity index (χ2v) is 8.03. The lowest BCUT2D eigenvalue weighted by atomic mass is 9.85. The van der Waals surface area contributed by atoms with E-state index >= 15 is 0 Å². The third kappa shape index (κ3) is 5.59. The molecule has 11 nitrogen and oxygen atoms in total. The molecule has 3 rings (SSSR count). The Kier molecular flexibility index (Phi) is 8.21. The van der Waals surface area contributed by atoms with Gasteiger partial charge in [0.05, 0.1) is 19.2 Å². The van der Waals surface area contributed by atoms with E-state index in [4.69, 9.17) is 4.74 Å². The molecule has 1 aliphatic heterocycles. The fourth-order valence-corrected chi connectivity index (χ4v) is 4.18. The van der Waals surface area contributed by atoms with Gasteiger partial charge in [0, 0.05) is 38.3 Å². The minimum Gasteiger partial charge on any atom is -0.438 e. The number of rotatable bonds is 9. The second kappa shape index (κ2) is 11.1. The van der Waals surface area contributed by atoms with Crippen molar-refractivity contribution in [2.45, 2.75) is 51.7 Å². The molecule has 2 heterocycles. The smallest absolute Gasteiger partial charge is 0.438 e. The normalized spacial score (nSPS) is 15.7. The van der Waals surface area contributed by atoms with E-state index < -0.39 is 11.7 Å². The number of ether oxygens (including phenoxy) is 2. The van der Waals surface area contributed by atoms with Gasteiger partial charge < -0.3 is 19.3 Å². The Balaban J connectivity index is 1.77. The summed E-state index contributed by atoms with van der Waals surface area (Å²) in [6.07, 6.45) is 0.754. The van der Waals surface area contributed by atoms with Crippen LogP contribution in [0.25, 0.3) is 0 Å². The lowest BCUT2D eigenvalue weighted by Gasteiger charge is -2.48. The summed E-state index contributed by atoms with van der Waals surface area (Å²) in [5.41, 5.74) is -0.144. The van der Waals surface area contributed by atoms with Gasteiger partial charge in [-0.2, -0.15) is 9.36 Å². The molecule has 180 valence electrons. The van der Waals surface area contributed by atoms with E-state index in [-0.39, 0.29) is 18.2 Å². The first kappa shape index (κ1) is 24.4. The van der Waals surface area contributed by atoms with Gasteiger partial charge >= 0.3 is 11.8 Å². The molecule has 0 radical (unpaired) electrons. The highest BCUT2D eigenvalue weighted by molar-refractivity contribution is 5.94. The summed E-state index contributed by atoms with van der Waals surface area (Å²) in [4.78, 5) is 41.0. The molecule has 1 saturated heterocycles.